The van der Waals surface area contributed by atoms with Crippen LogP contribution in [0.25, 0.3) is 11.3 Å². The normalized spacial score (nSPS) is 23.8. The number of benzene rings is 1. The summed E-state index contributed by atoms with van der Waals surface area (Å²) in [5, 5.41) is 0.0934. The van der Waals surface area contributed by atoms with Gasteiger partial charge in [0, 0.05) is 50.4 Å². The number of pyridine rings is 1. The van der Waals surface area contributed by atoms with E-state index < -0.39 is 23.6 Å². The third-order valence-electron chi connectivity index (χ3n) is 8.08. The van der Waals surface area contributed by atoms with Gasteiger partial charge in [-0.2, -0.15) is 0 Å². The predicted octanol–water partition coefficient (Wildman–Crippen LogP) is 4.52. The Morgan fingerprint density at radius 3 is 2.50 bits per heavy atom. The molecule has 40 heavy (non-hydrogen) atoms. The van der Waals surface area contributed by atoms with Crippen LogP contribution in [0.1, 0.15) is 45.0 Å². The van der Waals surface area contributed by atoms with Gasteiger partial charge >= 0.3 is 6.09 Å². The van der Waals surface area contributed by atoms with E-state index in [1.165, 1.54) is 6.07 Å². The summed E-state index contributed by atoms with van der Waals surface area (Å²) in [6, 6.07) is 6.10. The number of nitrogens with zero attached hydrogens (tertiary/aromatic N) is 5. The second kappa shape index (κ2) is 10.7. The Kier molecular flexibility index (Phi) is 7.60. The number of halogens is 2. The summed E-state index contributed by atoms with van der Waals surface area (Å²) in [6.07, 6.45) is -0.427. The van der Waals surface area contributed by atoms with E-state index in [4.69, 9.17) is 26.1 Å². The summed E-state index contributed by atoms with van der Waals surface area (Å²) in [6.45, 7) is 12.1. The van der Waals surface area contributed by atoms with E-state index in [0.717, 1.165) is 6.54 Å². The van der Waals surface area contributed by atoms with Crippen molar-refractivity contribution in [2.24, 2.45) is 0 Å². The van der Waals surface area contributed by atoms with Gasteiger partial charge in [0.2, 0.25) is 0 Å². The Labute approximate surface area is 239 Å². The third-order valence-corrected chi connectivity index (χ3v) is 8.44. The fraction of sp³-hybridized carbons (Fsp3) is 0.552. The maximum absolute atomic E-state index is 15.0. The number of hydrogen-bond donors (Lipinski definition) is 0. The Hall–Kier alpha value is -3.11. The number of rotatable bonds is 2. The molecular formula is C29H37ClFN5O4. The quantitative estimate of drug-likeness (QED) is 0.522. The molecule has 1 aromatic heterocycles. The summed E-state index contributed by atoms with van der Waals surface area (Å²) in [7, 11) is 2.07. The maximum atomic E-state index is 15.0. The van der Waals surface area contributed by atoms with E-state index in [2.05, 4.69) is 30.7 Å². The van der Waals surface area contributed by atoms with Crippen LogP contribution in [0.5, 0.6) is 5.75 Å². The molecule has 0 N–H and O–H groups in total. The number of piperazine rings is 2. The molecule has 2 aromatic rings. The largest absolute Gasteiger partial charge is 0.489 e. The average molecular weight is 574 g/mol. The molecule has 2 amide bonds. The second-order valence-electron chi connectivity index (χ2n) is 11.8. The number of anilines is 1. The Morgan fingerprint density at radius 1 is 1.10 bits per heavy atom. The molecule has 0 bridgehead atoms. The van der Waals surface area contributed by atoms with E-state index >= 15 is 4.39 Å². The lowest BCUT2D eigenvalue weighted by molar-refractivity contribution is 0.000951. The van der Waals surface area contributed by atoms with Crippen LogP contribution in [-0.4, -0.2) is 102 Å². The highest BCUT2D eigenvalue weighted by Gasteiger charge is 2.43. The molecule has 4 heterocycles. The molecule has 0 saturated carbocycles. The van der Waals surface area contributed by atoms with Crippen LogP contribution in [0.2, 0.25) is 5.02 Å². The number of aromatic nitrogens is 1. The molecule has 3 atom stereocenters. The van der Waals surface area contributed by atoms with Crippen LogP contribution >= 0.6 is 11.6 Å². The number of carbonyl (C=O) groups excluding carboxylic acids is 2. The number of fused-ring (bicyclic) bond motifs is 2. The van der Waals surface area contributed by atoms with E-state index in [1.807, 2.05) is 20.8 Å². The SMILES string of the molecule is CC1C(C)N(c2nc(-c3ccccc3F)c(Cl)c3c2C(=O)N2CCN(C(=O)OC(C)(C)C)C[C@@H]2CO3)CCN1C. The molecule has 2 saturated heterocycles. The fourth-order valence-corrected chi connectivity index (χ4v) is 5.87. The molecular weight excluding hydrogens is 537 g/mol. The first-order valence-corrected chi connectivity index (χ1v) is 14.1. The van der Waals surface area contributed by atoms with Crippen molar-refractivity contribution < 1.29 is 23.5 Å². The third kappa shape index (κ3) is 5.19. The monoisotopic (exact) mass is 573 g/mol. The van der Waals surface area contributed by atoms with E-state index in [1.54, 1.807) is 28.0 Å². The average Bonchev–Trinajstić information content (AvgIpc) is 3.04. The van der Waals surface area contributed by atoms with Gasteiger partial charge < -0.3 is 24.2 Å². The Bertz CT molecular complexity index is 1320. The summed E-state index contributed by atoms with van der Waals surface area (Å²) in [5.41, 5.74) is 0.117. The molecule has 0 aliphatic carbocycles. The van der Waals surface area contributed by atoms with Crippen molar-refractivity contribution in [1.82, 2.24) is 19.7 Å². The number of hydrogen-bond acceptors (Lipinski definition) is 7. The minimum atomic E-state index is -0.631. The minimum Gasteiger partial charge on any atom is -0.489 e. The molecule has 2 fully saturated rings. The standard InChI is InChI=1S/C29H37ClFN5O4/c1-17-18(2)35(13-11-33(17)6)26-22-25(23(30)24(32-26)20-9-7-8-10-21(20)31)39-16-19-15-34(12-14-36(19)27(22)37)28(38)40-29(3,4)5/h7-10,17-19H,11-16H2,1-6H3/t17?,18?,19-/m1/s1. The zero-order valence-corrected chi connectivity index (χ0v) is 24.7. The molecule has 0 spiro atoms. The van der Waals surface area contributed by atoms with Crippen molar-refractivity contribution in [3.8, 4) is 17.0 Å². The van der Waals surface area contributed by atoms with Crippen LogP contribution < -0.4 is 9.64 Å². The van der Waals surface area contributed by atoms with Gasteiger partial charge in [-0.25, -0.2) is 14.2 Å². The van der Waals surface area contributed by atoms with Crippen molar-refractivity contribution in [2.75, 3.05) is 51.3 Å². The van der Waals surface area contributed by atoms with Crippen molar-refractivity contribution >= 4 is 29.4 Å². The Balaban J connectivity index is 1.58. The lowest BCUT2D eigenvalue weighted by atomic mass is 10.0. The second-order valence-corrected chi connectivity index (χ2v) is 12.2. The van der Waals surface area contributed by atoms with Gasteiger partial charge in [0.15, 0.2) is 5.75 Å². The number of carbonyl (C=O) groups is 2. The summed E-state index contributed by atoms with van der Waals surface area (Å²) < 4.78 is 26.9. The lowest BCUT2D eigenvalue weighted by Crippen LogP contribution is -2.58. The van der Waals surface area contributed by atoms with Crippen LogP contribution in [-0.2, 0) is 4.74 Å². The van der Waals surface area contributed by atoms with Crippen LogP contribution in [0.15, 0.2) is 24.3 Å². The lowest BCUT2D eigenvalue weighted by Gasteiger charge is -2.45. The van der Waals surface area contributed by atoms with E-state index in [9.17, 15) is 9.59 Å². The molecule has 5 rings (SSSR count). The molecule has 1 aromatic carbocycles. The van der Waals surface area contributed by atoms with Crippen LogP contribution in [0, 0.1) is 5.82 Å². The predicted molar refractivity (Wildman–Crippen MR) is 152 cm³/mol. The first-order chi connectivity index (χ1) is 18.9. The summed E-state index contributed by atoms with van der Waals surface area (Å²) >= 11 is 6.88. The van der Waals surface area contributed by atoms with Gasteiger partial charge in [-0.3, -0.25) is 9.69 Å². The van der Waals surface area contributed by atoms with Crippen molar-refractivity contribution in [1.29, 1.82) is 0 Å². The van der Waals surface area contributed by atoms with Gasteiger partial charge in [-0.15, -0.1) is 0 Å². The molecule has 9 nitrogen and oxygen atoms in total. The molecule has 0 radical (unpaired) electrons. The van der Waals surface area contributed by atoms with Crippen LogP contribution in [0.4, 0.5) is 15.0 Å². The molecule has 216 valence electrons. The number of ether oxygens (including phenoxy) is 2. The number of amides is 2. The number of likely N-dealkylation sites (N-methyl/N-ethyl adjacent to an activating group) is 1. The minimum absolute atomic E-state index is 0.0147. The van der Waals surface area contributed by atoms with Crippen molar-refractivity contribution in [3.63, 3.8) is 0 Å². The topological polar surface area (TPSA) is 78.5 Å². The van der Waals surface area contributed by atoms with Crippen LogP contribution in [0.3, 0.4) is 0 Å². The fourth-order valence-electron chi connectivity index (χ4n) is 5.58. The van der Waals surface area contributed by atoms with E-state index in [-0.39, 0.29) is 58.7 Å². The summed E-state index contributed by atoms with van der Waals surface area (Å²) in [4.78, 5) is 39.7. The molecule has 3 aliphatic heterocycles. The first-order valence-electron chi connectivity index (χ1n) is 13.7. The van der Waals surface area contributed by atoms with Gasteiger partial charge in [-0.05, 0) is 53.8 Å². The molecule has 3 aliphatic rings. The smallest absolute Gasteiger partial charge is 0.410 e. The van der Waals surface area contributed by atoms with E-state index in [0.29, 0.717) is 25.5 Å². The van der Waals surface area contributed by atoms with Gasteiger partial charge in [0.05, 0.1) is 11.7 Å². The Morgan fingerprint density at radius 2 is 1.80 bits per heavy atom. The van der Waals surface area contributed by atoms with Gasteiger partial charge in [-0.1, -0.05) is 23.7 Å². The van der Waals surface area contributed by atoms with Crippen molar-refractivity contribution in [2.45, 2.75) is 58.3 Å². The zero-order chi connectivity index (χ0) is 28.9. The first kappa shape index (κ1) is 28.4. The highest BCUT2D eigenvalue weighted by Crippen LogP contribution is 2.44. The molecule has 11 heteroatoms. The maximum Gasteiger partial charge on any atom is 0.410 e. The highest BCUT2D eigenvalue weighted by atomic mass is 35.5. The zero-order valence-electron chi connectivity index (χ0n) is 23.9. The summed E-state index contributed by atoms with van der Waals surface area (Å²) in [5.74, 6) is -0.0881. The highest BCUT2D eigenvalue weighted by molar-refractivity contribution is 6.35. The molecule has 2 unspecified atom stereocenters. The van der Waals surface area contributed by atoms with Gasteiger partial charge in [0.25, 0.3) is 5.91 Å². The van der Waals surface area contributed by atoms with Crippen molar-refractivity contribution in [3.05, 3.63) is 40.7 Å². The van der Waals surface area contributed by atoms with Gasteiger partial charge in [0.1, 0.15) is 34.4 Å².